The van der Waals surface area contributed by atoms with Crippen LogP contribution >= 0.6 is 0 Å². The first-order valence-corrected chi connectivity index (χ1v) is 8.68. The second-order valence-electron chi connectivity index (χ2n) is 6.83. The smallest absolute Gasteiger partial charge is 0.337 e. The number of carboxylic acid groups (broad SMARTS) is 1. The number of aromatic nitrogens is 3. The van der Waals surface area contributed by atoms with Crippen molar-refractivity contribution in [3.05, 3.63) is 29.8 Å². The summed E-state index contributed by atoms with van der Waals surface area (Å²) in [6, 6.07) is 6.64. The van der Waals surface area contributed by atoms with Crippen LogP contribution in [0, 0.1) is 11.8 Å². The van der Waals surface area contributed by atoms with Crippen LogP contribution in [0.5, 0.6) is 0 Å². The monoisotopic (exact) mass is 358 g/mol. The average molecular weight is 358 g/mol. The number of rotatable bonds is 9. The fraction of sp³-hybridized carbons (Fsp3) is 0.444. The van der Waals surface area contributed by atoms with Gasteiger partial charge in [-0.15, -0.1) is 0 Å². The van der Waals surface area contributed by atoms with E-state index in [9.17, 15) is 9.90 Å². The first-order valence-electron chi connectivity index (χ1n) is 8.68. The molecule has 1 aromatic carbocycles. The summed E-state index contributed by atoms with van der Waals surface area (Å²) in [5.41, 5.74) is 0.581. The molecule has 1 heterocycles. The van der Waals surface area contributed by atoms with Crippen molar-refractivity contribution in [2.75, 3.05) is 29.0 Å². The fourth-order valence-corrected chi connectivity index (χ4v) is 2.08. The molecule has 2 rings (SSSR count). The van der Waals surface area contributed by atoms with Crippen molar-refractivity contribution in [2.24, 2.45) is 11.8 Å². The van der Waals surface area contributed by atoms with E-state index >= 15 is 0 Å². The summed E-state index contributed by atoms with van der Waals surface area (Å²) in [4.78, 5) is 24.5. The van der Waals surface area contributed by atoms with Crippen molar-refractivity contribution in [2.45, 2.75) is 27.7 Å². The summed E-state index contributed by atoms with van der Waals surface area (Å²) >= 11 is 0. The van der Waals surface area contributed by atoms with E-state index in [0.717, 1.165) is 13.1 Å². The molecule has 0 aliphatic carbocycles. The zero-order chi connectivity index (χ0) is 19.1. The molecule has 0 spiro atoms. The Labute approximate surface area is 153 Å². The molecule has 2 aromatic rings. The number of hydrogen-bond acceptors (Lipinski definition) is 7. The third-order valence-electron chi connectivity index (χ3n) is 3.38. The maximum Gasteiger partial charge on any atom is 0.337 e. The maximum atomic E-state index is 11.4. The Bertz CT molecular complexity index is 718. The minimum Gasteiger partial charge on any atom is -0.478 e. The van der Waals surface area contributed by atoms with Crippen molar-refractivity contribution >= 4 is 29.5 Å². The van der Waals surface area contributed by atoms with Gasteiger partial charge in [0.05, 0.1) is 11.3 Å². The molecule has 0 aliphatic heterocycles. The molecule has 8 heteroatoms. The molecule has 0 radical (unpaired) electrons. The van der Waals surface area contributed by atoms with Crippen LogP contribution in [0.3, 0.4) is 0 Å². The largest absolute Gasteiger partial charge is 0.478 e. The Morgan fingerprint density at radius 3 is 1.92 bits per heavy atom. The summed E-state index contributed by atoms with van der Waals surface area (Å²) in [7, 11) is 0. The zero-order valence-electron chi connectivity index (χ0n) is 15.6. The highest BCUT2D eigenvalue weighted by Gasteiger charge is 2.12. The number of para-hydroxylation sites is 1. The van der Waals surface area contributed by atoms with Crippen LogP contribution in [-0.2, 0) is 0 Å². The molecule has 1 aromatic heterocycles. The summed E-state index contributed by atoms with van der Waals surface area (Å²) in [6.07, 6.45) is 0. The average Bonchev–Trinajstić information content (AvgIpc) is 2.58. The van der Waals surface area contributed by atoms with E-state index in [-0.39, 0.29) is 11.5 Å². The molecule has 140 valence electrons. The van der Waals surface area contributed by atoms with Gasteiger partial charge in [0.15, 0.2) is 0 Å². The van der Waals surface area contributed by atoms with Crippen LogP contribution in [0.4, 0.5) is 23.5 Å². The number of nitrogens with one attached hydrogen (secondary N) is 3. The fourth-order valence-electron chi connectivity index (χ4n) is 2.08. The van der Waals surface area contributed by atoms with Crippen molar-refractivity contribution in [3.63, 3.8) is 0 Å². The third-order valence-corrected chi connectivity index (χ3v) is 3.38. The zero-order valence-corrected chi connectivity index (χ0v) is 15.6. The molecule has 0 aliphatic rings. The summed E-state index contributed by atoms with van der Waals surface area (Å²) < 4.78 is 0. The Kier molecular flexibility index (Phi) is 6.71. The number of nitrogens with zero attached hydrogens (tertiary/aromatic N) is 3. The van der Waals surface area contributed by atoms with Crippen LogP contribution in [0.2, 0.25) is 0 Å². The van der Waals surface area contributed by atoms with E-state index in [1.807, 2.05) is 0 Å². The van der Waals surface area contributed by atoms with Gasteiger partial charge >= 0.3 is 5.97 Å². The van der Waals surface area contributed by atoms with Gasteiger partial charge in [0.2, 0.25) is 17.8 Å². The third kappa shape index (κ3) is 5.87. The molecule has 0 atom stereocenters. The number of hydrogen-bond donors (Lipinski definition) is 4. The number of anilines is 4. The quantitative estimate of drug-likeness (QED) is 0.539. The SMILES string of the molecule is CC(C)CNc1nc(NCC(C)C)nc(Nc2ccccc2C(=O)O)n1. The second kappa shape index (κ2) is 8.98. The van der Waals surface area contributed by atoms with Gasteiger partial charge in [-0.05, 0) is 24.0 Å². The van der Waals surface area contributed by atoms with Gasteiger partial charge in [-0.2, -0.15) is 15.0 Å². The number of benzene rings is 1. The van der Waals surface area contributed by atoms with E-state index in [1.165, 1.54) is 6.07 Å². The first-order chi connectivity index (χ1) is 12.3. The predicted molar refractivity (Wildman–Crippen MR) is 103 cm³/mol. The van der Waals surface area contributed by atoms with Crippen molar-refractivity contribution in [3.8, 4) is 0 Å². The minimum atomic E-state index is -1.02. The molecule has 0 unspecified atom stereocenters. The lowest BCUT2D eigenvalue weighted by atomic mass is 10.2. The van der Waals surface area contributed by atoms with Gasteiger partial charge in [0.25, 0.3) is 0 Å². The lowest BCUT2D eigenvalue weighted by Crippen LogP contribution is -2.16. The normalized spacial score (nSPS) is 10.8. The Morgan fingerprint density at radius 1 is 0.923 bits per heavy atom. The van der Waals surface area contributed by atoms with Gasteiger partial charge in [0.1, 0.15) is 0 Å². The minimum absolute atomic E-state index is 0.154. The summed E-state index contributed by atoms with van der Waals surface area (Å²) in [5.74, 6) is 1.01. The topological polar surface area (TPSA) is 112 Å². The summed E-state index contributed by atoms with van der Waals surface area (Å²) in [6.45, 7) is 9.81. The van der Waals surface area contributed by atoms with Gasteiger partial charge in [-0.3, -0.25) is 0 Å². The van der Waals surface area contributed by atoms with E-state index in [2.05, 4.69) is 58.6 Å². The van der Waals surface area contributed by atoms with Crippen LogP contribution in [0.25, 0.3) is 0 Å². The molecule has 0 saturated heterocycles. The molecule has 26 heavy (non-hydrogen) atoms. The highest BCUT2D eigenvalue weighted by atomic mass is 16.4. The van der Waals surface area contributed by atoms with Crippen LogP contribution in [0.15, 0.2) is 24.3 Å². The van der Waals surface area contributed by atoms with Crippen LogP contribution in [0.1, 0.15) is 38.1 Å². The highest BCUT2D eigenvalue weighted by molar-refractivity contribution is 5.94. The lowest BCUT2D eigenvalue weighted by Gasteiger charge is -2.13. The molecular weight excluding hydrogens is 332 g/mol. The van der Waals surface area contributed by atoms with Crippen LogP contribution < -0.4 is 16.0 Å². The van der Waals surface area contributed by atoms with Crippen LogP contribution in [-0.4, -0.2) is 39.1 Å². The Morgan fingerprint density at radius 2 is 1.42 bits per heavy atom. The lowest BCUT2D eigenvalue weighted by molar-refractivity contribution is 0.0698. The van der Waals surface area contributed by atoms with Gasteiger partial charge < -0.3 is 21.1 Å². The van der Waals surface area contributed by atoms with Gasteiger partial charge in [-0.1, -0.05) is 39.8 Å². The Hall–Kier alpha value is -2.90. The molecule has 0 saturated carbocycles. The highest BCUT2D eigenvalue weighted by Crippen LogP contribution is 2.20. The molecule has 0 amide bonds. The molecular formula is C18H26N6O2. The first kappa shape index (κ1) is 19.4. The Balaban J connectivity index is 2.29. The van der Waals surface area contributed by atoms with E-state index < -0.39 is 5.97 Å². The number of carbonyl (C=O) groups is 1. The number of carboxylic acids is 1. The maximum absolute atomic E-state index is 11.4. The second-order valence-corrected chi connectivity index (χ2v) is 6.83. The van der Waals surface area contributed by atoms with E-state index in [1.54, 1.807) is 18.2 Å². The van der Waals surface area contributed by atoms with Crippen molar-refractivity contribution < 1.29 is 9.90 Å². The molecule has 0 bridgehead atoms. The van der Waals surface area contributed by atoms with Crippen molar-refractivity contribution in [1.82, 2.24) is 15.0 Å². The van der Waals surface area contributed by atoms with Gasteiger partial charge in [-0.25, -0.2) is 4.79 Å². The van der Waals surface area contributed by atoms with Gasteiger partial charge in [0, 0.05) is 13.1 Å². The molecule has 4 N–H and O–H groups in total. The molecule has 0 fully saturated rings. The van der Waals surface area contributed by atoms with E-state index in [4.69, 9.17) is 0 Å². The van der Waals surface area contributed by atoms with E-state index in [0.29, 0.717) is 29.4 Å². The summed E-state index contributed by atoms with van der Waals surface area (Å²) in [5, 5.41) is 18.7. The van der Waals surface area contributed by atoms with Crippen molar-refractivity contribution in [1.29, 1.82) is 0 Å². The number of aromatic carboxylic acids is 1. The predicted octanol–water partition coefficient (Wildman–Crippen LogP) is 3.45. The standard InChI is InChI=1S/C18H26N6O2/c1-11(2)9-19-16-22-17(20-10-12(3)4)24-18(23-16)21-14-8-6-5-7-13(14)15(25)26/h5-8,11-12H,9-10H2,1-4H3,(H,25,26)(H3,19,20,21,22,23,24). The molecule has 8 nitrogen and oxygen atoms in total.